The summed E-state index contributed by atoms with van der Waals surface area (Å²) in [6, 6.07) is 3.45. The SMILES string of the molecule is CCN(CC)c1oc(C#N)cc1Cl. The highest BCUT2D eigenvalue weighted by molar-refractivity contribution is 6.33. The number of hydrogen-bond acceptors (Lipinski definition) is 3. The summed E-state index contributed by atoms with van der Waals surface area (Å²) in [6.45, 7) is 5.64. The summed E-state index contributed by atoms with van der Waals surface area (Å²) in [6.07, 6.45) is 0. The van der Waals surface area contributed by atoms with Crippen LogP contribution in [-0.2, 0) is 0 Å². The van der Waals surface area contributed by atoms with Gasteiger partial charge >= 0.3 is 0 Å². The fraction of sp³-hybridized carbons (Fsp3) is 0.444. The highest BCUT2D eigenvalue weighted by Crippen LogP contribution is 2.29. The second kappa shape index (κ2) is 4.20. The first kappa shape index (κ1) is 9.94. The maximum absolute atomic E-state index is 8.58. The number of nitriles is 1. The standard InChI is InChI=1S/C9H11ClN2O/c1-3-12(4-2)9-8(10)5-7(6-11)13-9/h5H,3-4H2,1-2H3. The molecule has 0 amide bonds. The summed E-state index contributed by atoms with van der Waals surface area (Å²) in [5.74, 6) is 0.843. The van der Waals surface area contributed by atoms with E-state index in [9.17, 15) is 0 Å². The van der Waals surface area contributed by atoms with Gasteiger partial charge in [-0.05, 0) is 13.8 Å². The Balaban J connectivity index is 3.00. The smallest absolute Gasteiger partial charge is 0.216 e. The van der Waals surface area contributed by atoms with E-state index in [4.69, 9.17) is 21.3 Å². The highest BCUT2D eigenvalue weighted by Gasteiger charge is 2.13. The lowest BCUT2D eigenvalue weighted by molar-refractivity contribution is 0.538. The molecule has 0 unspecified atom stereocenters. The van der Waals surface area contributed by atoms with Gasteiger partial charge in [0, 0.05) is 19.2 Å². The van der Waals surface area contributed by atoms with Crippen LogP contribution in [0, 0.1) is 11.3 Å². The molecule has 1 aromatic rings. The Morgan fingerprint density at radius 3 is 2.54 bits per heavy atom. The average molecular weight is 199 g/mol. The van der Waals surface area contributed by atoms with Gasteiger partial charge < -0.3 is 9.32 Å². The van der Waals surface area contributed by atoms with E-state index in [1.807, 2.05) is 24.8 Å². The van der Waals surface area contributed by atoms with Crippen molar-refractivity contribution in [2.45, 2.75) is 13.8 Å². The van der Waals surface area contributed by atoms with Gasteiger partial charge in [-0.1, -0.05) is 11.6 Å². The molecule has 1 rings (SSSR count). The van der Waals surface area contributed by atoms with Crippen LogP contribution in [-0.4, -0.2) is 13.1 Å². The summed E-state index contributed by atoms with van der Waals surface area (Å²) >= 11 is 5.89. The minimum absolute atomic E-state index is 0.256. The highest BCUT2D eigenvalue weighted by atomic mass is 35.5. The molecule has 0 saturated heterocycles. The van der Waals surface area contributed by atoms with Gasteiger partial charge in [-0.2, -0.15) is 5.26 Å². The molecule has 0 radical (unpaired) electrons. The molecule has 4 heteroatoms. The monoisotopic (exact) mass is 198 g/mol. The molecule has 0 atom stereocenters. The maximum atomic E-state index is 8.58. The van der Waals surface area contributed by atoms with Crippen molar-refractivity contribution in [3.05, 3.63) is 16.8 Å². The van der Waals surface area contributed by atoms with E-state index in [1.54, 1.807) is 0 Å². The molecule has 13 heavy (non-hydrogen) atoms. The van der Waals surface area contributed by atoms with Gasteiger partial charge in [-0.25, -0.2) is 0 Å². The van der Waals surface area contributed by atoms with Crippen LogP contribution in [0.2, 0.25) is 5.02 Å². The molecule has 0 spiro atoms. The minimum atomic E-state index is 0.256. The van der Waals surface area contributed by atoms with Gasteiger partial charge in [0.05, 0.1) is 0 Å². The number of hydrogen-bond donors (Lipinski definition) is 0. The van der Waals surface area contributed by atoms with Crippen molar-refractivity contribution < 1.29 is 4.42 Å². The van der Waals surface area contributed by atoms with Crippen molar-refractivity contribution in [3.8, 4) is 6.07 Å². The quantitative estimate of drug-likeness (QED) is 0.750. The van der Waals surface area contributed by atoms with Crippen LogP contribution in [0.5, 0.6) is 0 Å². The van der Waals surface area contributed by atoms with Crippen molar-refractivity contribution in [2.75, 3.05) is 18.0 Å². The minimum Gasteiger partial charge on any atom is -0.428 e. The van der Waals surface area contributed by atoms with E-state index in [2.05, 4.69) is 0 Å². The number of nitrogens with zero attached hydrogens (tertiary/aromatic N) is 2. The predicted octanol–water partition coefficient (Wildman–Crippen LogP) is 2.65. The van der Waals surface area contributed by atoms with Crippen molar-refractivity contribution in [3.63, 3.8) is 0 Å². The van der Waals surface area contributed by atoms with Crippen molar-refractivity contribution >= 4 is 17.5 Å². The largest absolute Gasteiger partial charge is 0.428 e. The van der Waals surface area contributed by atoms with Crippen molar-refractivity contribution in [1.82, 2.24) is 0 Å². The third kappa shape index (κ3) is 1.96. The fourth-order valence-electron chi connectivity index (χ4n) is 1.14. The molecule has 0 aliphatic rings. The second-order valence-electron chi connectivity index (χ2n) is 2.55. The molecule has 3 nitrogen and oxygen atoms in total. The Bertz CT molecular complexity index is 323. The molecule has 0 aromatic carbocycles. The number of anilines is 1. The van der Waals surface area contributed by atoms with Gasteiger partial charge in [0.2, 0.25) is 11.6 Å². The summed E-state index contributed by atoms with van der Waals surface area (Å²) < 4.78 is 5.24. The summed E-state index contributed by atoms with van der Waals surface area (Å²) in [5.41, 5.74) is 0. The molecule has 0 bridgehead atoms. The molecule has 0 fully saturated rings. The van der Waals surface area contributed by atoms with Crippen LogP contribution < -0.4 is 4.90 Å². The van der Waals surface area contributed by atoms with Crippen molar-refractivity contribution in [1.29, 1.82) is 5.26 Å². The zero-order chi connectivity index (χ0) is 9.84. The van der Waals surface area contributed by atoms with E-state index in [-0.39, 0.29) is 5.76 Å². The van der Waals surface area contributed by atoms with E-state index in [0.717, 1.165) is 13.1 Å². The normalized spacial score (nSPS) is 9.69. The topological polar surface area (TPSA) is 40.2 Å². The zero-order valence-corrected chi connectivity index (χ0v) is 8.43. The molecule has 0 N–H and O–H groups in total. The molecule has 0 saturated carbocycles. The zero-order valence-electron chi connectivity index (χ0n) is 7.67. The second-order valence-corrected chi connectivity index (χ2v) is 2.96. The van der Waals surface area contributed by atoms with Crippen LogP contribution >= 0.6 is 11.6 Å². The number of halogens is 1. The van der Waals surface area contributed by atoms with Gasteiger partial charge in [-0.3, -0.25) is 0 Å². The lowest BCUT2D eigenvalue weighted by atomic mass is 10.4. The molecule has 0 aliphatic heterocycles. The summed E-state index contributed by atoms with van der Waals surface area (Å²) in [7, 11) is 0. The van der Waals surface area contributed by atoms with Crippen LogP contribution in [0.25, 0.3) is 0 Å². The molecule has 70 valence electrons. The van der Waals surface area contributed by atoms with Gasteiger partial charge in [-0.15, -0.1) is 0 Å². The van der Waals surface area contributed by atoms with Gasteiger partial charge in [0.15, 0.2) is 0 Å². The first-order chi connectivity index (χ1) is 6.22. The van der Waals surface area contributed by atoms with Crippen LogP contribution in [0.4, 0.5) is 5.88 Å². The third-order valence-corrected chi connectivity index (χ3v) is 2.10. The molecule has 1 heterocycles. The van der Waals surface area contributed by atoms with Crippen LogP contribution in [0.15, 0.2) is 10.5 Å². The lowest BCUT2D eigenvalue weighted by Gasteiger charge is -2.17. The summed E-state index contributed by atoms with van der Waals surface area (Å²) in [4.78, 5) is 1.96. The average Bonchev–Trinajstić information content (AvgIpc) is 2.50. The fourth-order valence-corrected chi connectivity index (χ4v) is 1.40. The van der Waals surface area contributed by atoms with Crippen LogP contribution in [0.3, 0.4) is 0 Å². The Morgan fingerprint density at radius 2 is 2.15 bits per heavy atom. The first-order valence-electron chi connectivity index (χ1n) is 4.17. The van der Waals surface area contributed by atoms with E-state index in [1.165, 1.54) is 6.07 Å². The number of rotatable bonds is 3. The van der Waals surface area contributed by atoms with Crippen LogP contribution in [0.1, 0.15) is 19.6 Å². The van der Waals surface area contributed by atoms with E-state index < -0.39 is 0 Å². The predicted molar refractivity (Wildman–Crippen MR) is 52.0 cm³/mol. The Morgan fingerprint density at radius 1 is 1.54 bits per heavy atom. The first-order valence-corrected chi connectivity index (χ1v) is 4.55. The number of furan rings is 1. The molecule has 1 aromatic heterocycles. The molecular weight excluding hydrogens is 188 g/mol. The molecular formula is C9H11ClN2O. The van der Waals surface area contributed by atoms with Crippen molar-refractivity contribution in [2.24, 2.45) is 0 Å². The Hall–Kier alpha value is -1.14. The third-order valence-electron chi connectivity index (χ3n) is 1.83. The Kier molecular flexibility index (Phi) is 3.21. The van der Waals surface area contributed by atoms with E-state index >= 15 is 0 Å². The Labute approximate surface area is 82.5 Å². The summed E-state index contributed by atoms with van der Waals surface area (Å²) in [5, 5.41) is 9.08. The molecule has 0 aliphatic carbocycles. The van der Waals surface area contributed by atoms with Gasteiger partial charge in [0.1, 0.15) is 11.1 Å². The lowest BCUT2D eigenvalue weighted by Crippen LogP contribution is -2.21. The van der Waals surface area contributed by atoms with E-state index in [0.29, 0.717) is 10.9 Å². The van der Waals surface area contributed by atoms with Gasteiger partial charge in [0.25, 0.3) is 0 Å². The maximum Gasteiger partial charge on any atom is 0.216 e.